The number of benzene rings is 1. The monoisotopic (exact) mass is 284 g/mol. The molecule has 1 fully saturated rings. The Morgan fingerprint density at radius 3 is 2.81 bits per heavy atom. The average Bonchev–Trinajstić information content (AvgIpc) is 3.02. The van der Waals surface area contributed by atoms with Crippen molar-refractivity contribution in [3.8, 4) is 11.3 Å². The molecule has 112 valence electrons. The molecule has 2 heterocycles. The Bertz CT molecular complexity index is 556. The Morgan fingerprint density at radius 1 is 1.29 bits per heavy atom. The lowest BCUT2D eigenvalue weighted by atomic mass is 9.90. The summed E-state index contributed by atoms with van der Waals surface area (Å²) in [6.45, 7) is 4.73. The van der Waals surface area contributed by atoms with E-state index in [4.69, 9.17) is 0 Å². The molecule has 1 aromatic heterocycles. The second-order valence-corrected chi connectivity index (χ2v) is 6.12. The van der Waals surface area contributed by atoms with Crippen LogP contribution in [0.15, 0.2) is 36.5 Å². The van der Waals surface area contributed by atoms with Crippen LogP contribution in [0.25, 0.3) is 11.3 Å². The number of hydrogen-bond acceptors (Lipinski definition) is 3. The third-order valence-corrected chi connectivity index (χ3v) is 4.54. The van der Waals surface area contributed by atoms with E-state index in [9.17, 15) is 0 Å². The highest BCUT2D eigenvalue weighted by Gasteiger charge is 2.22. The van der Waals surface area contributed by atoms with Gasteiger partial charge in [-0.25, -0.2) is 0 Å². The fraction of sp³-hybridized carbons (Fsp3) is 0.471. The summed E-state index contributed by atoms with van der Waals surface area (Å²) in [7, 11) is 2.21. The van der Waals surface area contributed by atoms with E-state index in [1.807, 2.05) is 6.07 Å². The summed E-state index contributed by atoms with van der Waals surface area (Å²) < 4.78 is 0. The highest BCUT2D eigenvalue weighted by Crippen LogP contribution is 2.25. The zero-order valence-electron chi connectivity index (χ0n) is 12.8. The lowest BCUT2D eigenvalue weighted by molar-refractivity contribution is 0.208. The number of aromatic nitrogens is 2. The number of hydrogen-bond donors (Lipinski definition) is 2. The Hall–Kier alpha value is -1.81. The van der Waals surface area contributed by atoms with Gasteiger partial charge in [-0.05, 0) is 64.0 Å². The van der Waals surface area contributed by atoms with Gasteiger partial charge in [0.15, 0.2) is 0 Å². The Balaban J connectivity index is 1.66. The number of anilines is 1. The molecule has 2 aromatic rings. The van der Waals surface area contributed by atoms with Crippen LogP contribution < -0.4 is 5.32 Å². The smallest absolute Gasteiger partial charge is 0.0650 e. The minimum atomic E-state index is 0.510. The molecular weight excluding hydrogens is 260 g/mol. The average molecular weight is 284 g/mol. The number of aromatic amines is 1. The summed E-state index contributed by atoms with van der Waals surface area (Å²) in [6, 6.07) is 11.1. The van der Waals surface area contributed by atoms with Crippen molar-refractivity contribution < 1.29 is 0 Å². The second-order valence-electron chi connectivity index (χ2n) is 6.12. The maximum absolute atomic E-state index is 4.02. The highest BCUT2D eigenvalue weighted by atomic mass is 15.1. The first-order valence-electron chi connectivity index (χ1n) is 7.77. The Labute approximate surface area is 126 Å². The lowest BCUT2D eigenvalue weighted by Crippen LogP contribution is -2.37. The van der Waals surface area contributed by atoms with Crippen molar-refractivity contribution in [3.63, 3.8) is 0 Å². The van der Waals surface area contributed by atoms with Gasteiger partial charge in [0, 0.05) is 23.5 Å². The predicted molar refractivity (Wildman–Crippen MR) is 87.3 cm³/mol. The van der Waals surface area contributed by atoms with Crippen molar-refractivity contribution in [2.45, 2.75) is 25.8 Å². The molecule has 2 N–H and O–H groups in total. The van der Waals surface area contributed by atoms with Gasteiger partial charge >= 0.3 is 0 Å². The molecule has 1 aliphatic heterocycles. The van der Waals surface area contributed by atoms with Crippen molar-refractivity contribution >= 4 is 5.69 Å². The third kappa shape index (κ3) is 3.45. The second kappa shape index (κ2) is 6.31. The summed E-state index contributed by atoms with van der Waals surface area (Å²) >= 11 is 0. The quantitative estimate of drug-likeness (QED) is 0.906. The van der Waals surface area contributed by atoms with Gasteiger partial charge in [0.1, 0.15) is 0 Å². The van der Waals surface area contributed by atoms with Crippen LogP contribution in [-0.2, 0) is 0 Å². The van der Waals surface area contributed by atoms with E-state index in [0.29, 0.717) is 6.04 Å². The molecule has 0 radical (unpaired) electrons. The molecule has 3 rings (SSSR count). The molecule has 1 saturated heterocycles. The van der Waals surface area contributed by atoms with Crippen LogP contribution in [0.4, 0.5) is 5.69 Å². The number of rotatable bonds is 4. The molecule has 1 atom stereocenters. The van der Waals surface area contributed by atoms with Crippen molar-refractivity contribution in [2.75, 3.05) is 25.5 Å². The Morgan fingerprint density at radius 2 is 2.10 bits per heavy atom. The summed E-state index contributed by atoms with van der Waals surface area (Å²) in [5.41, 5.74) is 3.42. The molecular formula is C17H24N4. The summed E-state index contributed by atoms with van der Waals surface area (Å²) in [5.74, 6) is 0.761. The largest absolute Gasteiger partial charge is 0.382 e. The van der Waals surface area contributed by atoms with Crippen LogP contribution >= 0.6 is 0 Å². The molecule has 0 bridgehead atoms. The molecule has 4 heteroatoms. The summed E-state index contributed by atoms with van der Waals surface area (Å²) in [4.78, 5) is 2.42. The van der Waals surface area contributed by atoms with Crippen LogP contribution in [0, 0.1) is 5.92 Å². The molecule has 1 aliphatic rings. The number of H-pyrrole nitrogens is 1. The molecule has 0 aliphatic carbocycles. The summed E-state index contributed by atoms with van der Waals surface area (Å²) in [6.07, 6.45) is 4.35. The first-order valence-corrected chi connectivity index (χ1v) is 7.77. The number of piperidine rings is 1. The number of nitrogens with zero attached hydrogens (tertiary/aromatic N) is 2. The van der Waals surface area contributed by atoms with E-state index in [-0.39, 0.29) is 0 Å². The SMILES string of the molecule is CC(Nc1cccc(-c2ccn[nH]2)c1)C1CCN(C)CC1. The minimum Gasteiger partial charge on any atom is -0.382 e. The van der Waals surface area contributed by atoms with Gasteiger partial charge < -0.3 is 10.2 Å². The number of likely N-dealkylation sites (tertiary alicyclic amines) is 1. The number of nitrogens with one attached hydrogen (secondary N) is 2. The lowest BCUT2D eigenvalue weighted by Gasteiger charge is -2.33. The molecule has 1 aromatic carbocycles. The molecule has 1 unspecified atom stereocenters. The van der Waals surface area contributed by atoms with Gasteiger partial charge in [-0.1, -0.05) is 12.1 Å². The standard InChI is InChI=1S/C17H24N4/c1-13(14-7-10-21(2)11-8-14)19-16-5-3-4-15(12-16)17-6-9-18-20-17/h3-6,9,12-14,19H,7-8,10-11H2,1-2H3,(H,18,20). The van der Waals surface area contributed by atoms with Gasteiger partial charge in [0.25, 0.3) is 0 Å². The van der Waals surface area contributed by atoms with Gasteiger partial charge in [0.05, 0.1) is 5.69 Å². The third-order valence-electron chi connectivity index (χ3n) is 4.54. The van der Waals surface area contributed by atoms with Crippen LogP contribution in [0.5, 0.6) is 0 Å². The fourth-order valence-electron chi connectivity index (χ4n) is 3.10. The van der Waals surface area contributed by atoms with Crippen LogP contribution in [0.1, 0.15) is 19.8 Å². The molecule has 0 spiro atoms. The highest BCUT2D eigenvalue weighted by molar-refractivity contribution is 5.64. The fourth-order valence-corrected chi connectivity index (χ4v) is 3.10. The predicted octanol–water partition coefficient (Wildman–Crippen LogP) is 3.22. The van der Waals surface area contributed by atoms with Crippen LogP contribution in [-0.4, -0.2) is 41.3 Å². The molecule has 21 heavy (non-hydrogen) atoms. The van der Waals surface area contributed by atoms with Crippen LogP contribution in [0.3, 0.4) is 0 Å². The minimum absolute atomic E-state index is 0.510. The van der Waals surface area contributed by atoms with E-state index in [2.05, 4.69) is 58.7 Å². The van der Waals surface area contributed by atoms with Crippen LogP contribution in [0.2, 0.25) is 0 Å². The van der Waals surface area contributed by atoms with Crippen molar-refractivity contribution in [2.24, 2.45) is 5.92 Å². The zero-order valence-corrected chi connectivity index (χ0v) is 12.8. The van der Waals surface area contributed by atoms with Crippen molar-refractivity contribution in [3.05, 3.63) is 36.5 Å². The van der Waals surface area contributed by atoms with Gasteiger partial charge in [0.2, 0.25) is 0 Å². The van der Waals surface area contributed by atoms with Gasteiger partial charge in [-0.3, -0.25) is 5.10 Å². The van der Waals surface area contributed by atoms with E-state index in [0.717, 1.165) is 11.6 Å². The van der Waals surface area contributed by atoms with E-state index in [1.165, 1.54) is 37.2 Å². The molecule has 0 saturated carbocycles. The van der Waals surface area contributed by atoms with Crippen molar-refractivity contribution in [1.82, 2.24) is 15.1 Å². The van der Waals surface area contributed by atoms with E-state index < -0.39 is 0 Å². The van der Waals surface area contributed by atoms with E-state index >= 15 is 0 Å². The van der Waals surface area contributed by atoms with Gasteiger partial charge in [-0.15, -0.1) is 0 Å². The normalized spacial score (nSPS) is 18.6. The van der Waals surface area contributed by atoms with Crippen molar-refractivity contribution in [1.29, 1.82) is 0 Å². The van der Waals surface area contributed by atoms with E-state index in [1.54, 1.807) is 6.20 Å². The first-order chi connectivity index (χ1) is 10.2. The topological polar surface area (TPSA) is 44.0 Å². The first kappa shape index (κ1) is 14.1. The maximum Gasteiger partial charge on any atom is 0.0650 e. The maximum atomic E-state index is 4.02. The zero-order chi connectivity index (χ0) is 14.7. The molecule has 0 amide bonds. The Kier molecular flexibility index (Phi) is 4.25. The summed E-state index contributed by atoms with van der Waals surface area (Å²) in [5, 5.41) is 10.7. The molecule has 4 nitrogen and oxygen atoms in total. The van der Waals surface area contributed by atoms with Gasteiger partial charge in [-0.2, -0.15) is 5.10 Å².